The van der Waals surface area contributed by atoms with Crippen LogP contribution in [-0.2, 0) is 0 Å². The van der Waals surface area contributed by atoms with Gasteiger partial charge in [-0.3, -0.25) is 0 Å². The van der Waals surface area contributed by atoms with Crippen molar-refractivity contribution in [1.82, 2.24) is 5.32 Å². The predicted octanol–water partition coefficient (Wildman–Crippen LogP) is 3.25. The fourth-order valence-corrected chi connectivity index (χ4v) is 1.96. The third-order valence-corrected chi connectivity index (χ3v) is 3.05. The van der Waals surface area contributed by atoms with E-state index in [1.807, 2.05) is 18.2 Å². The molecule has 1 unspecified atom stereocenters. The summed E-state index contributed by atoms with van der Waals surface area (Å²) in [5, 5.41) is 3.40. The molecule has 1 N–H and O–H groups in total. The minimum atomic E-state index is 0.176. The second-order valence-electron chi connectivity index (χ2n) is 4.87. The fourth-order valence-electron chi connectivity index (χ4n) is 1.96. The number of hydrogen-bond acceptors (Lipinski definition) is 4. The van der Waals surface area contributed by atoms with Crippen molar-refractivity contribution in [2.45, 2.75) is 39.2 Å². The van der Waals surface area contributed by atoms with Gasteiger partial charge in [-0.1, -0.05) is 6.92 Å². The van der Waals surface area contributed by atoms with Crippen LogP contribution in [0.3, 0.4) is 0 Å². The smallest absolute Gasteiger partial charge is 0.127 e. The summed E-state index contributed by atoms with van der Waals surface area (Å²) < 4.78 is 16.4. The second-order valence-corrected chi connectivity index (χ2v) is 4.87. The zero-order chi connectivity index (χ0) is 14.8. The highest BCUT2D eigenvalue weighted by atomic mass is 16.5. The number of nitrogens with one attached hydrogen (secondary N) is 1. The topological polar surface area (TPSA) is 39.7 Å². The Hall–Kier alpha value is -1.42. The fraction of sp³-hybridized carbons (Fsp3) is 0.625. The van der Waals surface area contributed by atoms with Crippen LogP contribution in [0.1, 0.15) is 33.1 Å². The Balaban J connectivity index is 2.42. The van der Waals surface area contributed by atoms with Crippen molar-refractivity contribution in [2.24, 2.45) is 0 Å². The summed E-state index contributed by atoms with van der Waals surface area (Å²) in [5.74, 6) is 2.28. The minimum absolute atomic E-state index is 0.176. The quantitative estimate of drug-likeness (QED) is 0.668. The van der Waals surface area contributed by atoms with Gasteiger partial charge in [0.25, 0.3) is 0 Å². The normalized spacial score (nSPS) is 12.0. The van der Waals surface area contributed by atoms with Crippen LogP contribution in [0.15, 0.2) is 18.2 Å². The van der Waals surface area contributed by atoms with Gasteiger partial charge < -0.3 is 19.5 Å². The first-order valence-electron chi connectivity index (χ1n) is 7.30. The Labute approximate surface area is 122 Å². The van der Waals surface area contributed by atoms with E-state index in [1.165, 1.54) is 6.42 Å². The van der Waals surface area contributed by atoms with Crippen molar-refractivity contribution in [3.63, 3.8) is 0 Å². The molecule has 4 heteroatoms. The van der Waals surface area contributed by atoms with Gasteiger partial charge in [0.2, 0.25) is 0 Å². The Morgan fingerprint density at radius 1 is 1.00 bits per heavy atom. The summed E-state index contributed by atoms with van der Waals surface area (Å²) >= 11 is 0. The molecule has 0 aliphatic heterocycles. The number of hydrogen-bond donors (Lipinski definition) is 1. The molecule has 0 saturated heterocycles. The molecule has 0 amide bonds. The summed E-state index contributed by atoms with van der Waals surface area (Å²) in [4.78, 5) is 0. The van der Waals surface area contributed by atoms with Crippen LogP contribution >= 0.6 is 0 Å². The lowest BCUT2D eigenvalue weighted by Crippen LogP contribution is -2.19. The van der Waals surface area contributed by atoms with Crippen LogP contribution in [0.4, 0.5) is 0 Å². The van der Waals surface area contributed by atoms with E-state index in [0.717, 1.165) is 43.2 Å². The van der Waals surface area contributed by atoms with Crippen molar-refractivity contribution < 1.29 is 14.2 Å². The Bertz CT molecular complexity index is 360. The molecule has 0 bridgehead atoms. The van der Waals surface area contributed by atoms with E-state index in [9.17, 15) is 0 Å². The maximum atomic E-state index is 5.92. The third kappa shape index (κ3) is 6.15. The molecular formula is C16H27NO3. The van der Waals surface area contributed by atoms with Gasteiger partial charge in [-0.15, -0.1) is 0 Å². The van der Waals surface area contributed by atoms with Gasteiger partial charge in [-0.25, -0.2) is 0 Å². The number of ether oxygens (including phenoxy) is 3. The highest BCUT2D eigenvalue weighted by Crippen LogP contribution is 2.28. The Morgan fingerprint density at radius 2 is 1.60 bits per heavy atom. The SMILES string of the molecule is CCCNCCCC(C)Oc1cc(OC)cc(OC)c1. The van der Waals surface area contributed by atoms with E-state index in [4.69, 9.17) is 14.2 Å². The summed E-state index contributed by atoms with van der Waals surface area (Å²) in [6.07, 6.45) is 3.49. The molecule has 0 heterocycles. The van der Waals surface area contributed by atoms with Crippen molar-refractivity contribution in [3.05, 3.63) is 18.2 Å². The molecule has 20 heavy (non-hydrogen) atoms. The van der Waals surface area contributed by atoms with Crippen molar-refractivity contribution in [3.8, 4) is 17.2 Å². The Kier molecular flexibility index (Phi) is 7.88. The maximum Gasteiger partial charge on any atom is 0.127 e. The third-order valence-electron chi connectivity index (χ3n) is 3.05. The first kappa shape index (κ1) is 16.6. The number of rotatable bonds is 10. The van der Waals surface area contributed by atoms with Crippen molar-refractivity contribution >= 4 is 0 Å². The lowest BCUT2D eigenvalue weighted by molar-refractivity contribution is 0.206. The van der Waals surface area contributed by atoms with E-state index < -0.39 is 0 Å². The largest absolute Gasteiger partial charge is 0.496 e. The van der Waals surface area contributed by atoms with E-state index in [0.29, 0.717) is 0 Å². The molecule has 0 radical (unpaired) electrons. The number of methoxy groups -OCH3 is 2. The van der Waals surface area contributed by atoms with Gasteiger partial charge in [-0.2, -0.15) is 0 Å². The van der Waals surface area contributed by atoms with Gasteiger partial charge in [0.1, 0.15) is 17.2 Å². The van der Waals surface area contributed by atoms with Gasteiger partial charge in [0, 0.05) is 18.2 Å². The van der Waals surface area contributed by atoms with Crippen LogP contribution in [-0.4, -0.2) is 33.4 Å². The van der Waals surface area contributed by atoms with E-state index in [1.54, 1.807) is 14.2 Å². The van der Waals surface area contributed by atoms with E-state index in [-0.39, 0.29) is 6.10 Å². The molecular weight excluding hydrogens is 254 g/mol. The van der Waals surface area contributed by atoms with Crippen LogP contribution in [0.25, 0.3) is 0 Å². The van der Waals surface area contributed by atoms with Crippen molar-refractivity contribution in [2.75, 3.05) is 27.3 Å². The molecule has 0 fully saturated rings. The van der Waals surface area contributed by atoms with E-state index in [2.05, 4.69) is 19.2 Å². The zero-order valence-electron chi connectivity index (χ0n) is 13.1. The van der Waals surface area contributed by atoms with Gasteiger partial charge in [0.05, 0.1) is 20.3 Å². The lowest BCUT2D eigenvalue weighted by atomic mass is 10.2. The number of benzene rings is 1. The van der Waals surface area contributed by atoms with Crippen LogP contribution < -0.4 is 19.5 Å². The molecule has 1 rings (SSSR count). The minimum Gasteiger partial charge on any atom is -0.496 e. The van der Waals surface area contributed by atoms with Gasteiger partial charge in [0.15, 0.2) is 0 Å². The molecule has 4 nitrogen and oxygen atoms in total. The molecule has 0 spiro atoms. The molecule has 0 aliphatic rings. The summed E-state index contributed by atoms with van der Waals surface area (Å²) in [7, 11) is 3.28. The first-order valence-corrected chi connectivity index (χ1v) is 7.30. The van der Waals surface area contributed by atoms with Crippen LogP contribution in [0, 0.1) is 0 Å². The highest BCUT2D eigenvalue weighted by Gasteiger charge is 2.07. The maximum absolute atomic E-state index is 5.92. The molecule has 0 aliphatic carbocycles. The Morgan fingerprint density at radius 3 is 2.15 bits per heavy atom. The molecule has 1 aromatic rings. The lowest BCUT2D eigenvalue weighted by Gasteiger charge is -2.16. The predicted molar refractivity (Wildman–Crippen MR) is 82.0 cm³/mol. The zero-order valence-corrected chi connectivity index (χ0v) is 13.1. The summed E-state index contributed by atoms with van der Waals surface area (Å²) in [6, 6.07) is 5.61. The van der Waals surface area contributed by atoms with Gasteiger partial charge >= 0.3 is 0 Å². The van der Waals surface area contributed by atoms with Crippen LogP contribution in [0.5, 0.6) is 17.2 Å². The van der Waals surface area contributed by atoms with E-state index >= 15 is 0 Å². The molecule has 0 aromatic heterocycles. The van der Waals surface area contributed by atoms with Crippen LogP contribution in [0.2, 0.25) is 0 Å². The van der Waals surface area contributed by atoms with Crippen molar-refractivity contribution in [1.29, 1.82) is 0 Å². The van der Waals surface area contributed by atoms with Gasteiger partial charge in [-0.05, 0) is 39.3 Å². The average Bonchev–Trinajstić information content (AvgIpc) is 2.46. The summed E-state index contributed by atoms with van der Waals surface area (Å²) in [5.41, 5.74) is 0. The first-order chi connectivity index (χ1) is 9.69. The molecule has 114 valence electrons. The highest BCUT2D eigenvalue weighted by molar-refractivity contribution is 5.42. The average molecular weight is 281 g/mol. The standard InChI is InChI=1S/C16H27NO3/c1-5-8-17-9-6-7-13(2)20-16-11-14(18-3)10-15(12-16)19-4/h10-13,17H,5-9H2,1-4H3. The molecule has 0 saturated carbocycles. The second kappa shape index (κ2) is 9.48. The molecule has 1 aromatic carbocycles. The summed E-state index contributed by atoms with van der Waals surface area (Å²) in [6.45, 7) is 6.39. The monoisotopic (exact) mass is 281 g/mol. The molecule has 1 atom stereocenters.